The zero-order valence-electron chi connectivity index (χ0n) is 14.5. The number of hydrogen-bond donors (Lipinski definition) is 4. The maximum atomic E-state index is 12.0. The number of aromatic hydroxyl groups is 1. The summed E-state index contributed by atoms with van der Waals surface area (Å²) in [5.74, 6) is -0.00773. The van der Waals surface area contributed by atoms with Crippen LogP contribution in [0.25, 0.3) is 21.1 Å². The molecule has 28 heavy (non-hydrogen) atoms. The van der Waals surface area contributed by atoms with E-state index in [0.717, 1.165) is 21.1 Å². The Hall–Kier alpha value is -2.79. The van der Waals surface area contributed by atoms with E-state index in [-0.39, 0.29) is 23.9 Å². The molecule has 0 radical (unpaired) electrons. The van der Waals surface area contributed by atoms with Crippen LogP contribution in [0, 0.1) is 0 Å². The highest BCUT2D eigenvalue weighted by Gasteiger charge is 2.15. The molecule has 0 aliphatic rings. The number of sulfonamides is 1. The number of aliphatic imine (C=N–C) groups is 1. The molecule has 8 nitrogen and oxygen atoms in total. The smallest absolute Gasteiger partial charge is 0.240 e. The van der Waals surface area contributed by atoms with Crippen molar-refractivity contribution in [1.29, 1.82) is 0 Å². The molecule has 4 aromatic rings. The number of aromatic nitrogens is 2. The maximum Gasteiger partial charge on any atom is 0.240 e. The quantitative estimate of drug-likeness (QED) is 0.359. The topological polar surface area (TPSA) is 128 Å². The number of aromatic amines is 1. The summed E-state index contributed by atoms with van der Waals surface area (Å²) in [6.07, 6.45) is 1.53. The highest BCUT2D eigenvalue weighted by molar-refractivity contribution is 7.89. The van der Waals surface area contributed by atoms with Gasteiger partial charge in [0.1, 0.15) is 0 Å². The van der Waals surface area contributed by atoms with E-state index in [1.807, 2.05) is 12.1 Å². The van der Waals surface area contributed by atoms with E-state index in [2.05, 4.69) is 19.7 Å². The summed E-state index contributed by atoms with van der Waals surface area (Å²) in [5.41, 5.74) is 4.35. The van der Waals surface area contributed by atoms with Gasteiger partial charge < -0.3 is 15.2 Å². The van der Waals surface area contributed by atoms with Gasteiger partial charge in [-0.1, -0.05) is 0 Å². The predicted molar refractivity (Wildman–Crippen MR) is 109 cm³/mol. The highest BCUT2D eigenvalue weighted by Crippen LogP contribution is 2.33. The first kappa shape index (κ1) is 18.6. The number of hydrogen-bond acceptors (Lipinski definition) is 7. The maximum absolute atomic E-state index is 12.0. The van der Waals surface area contributed by atoms with E-state index in [0.29, 0.717) is 11.3 Å². The molecular formula is C18H16N4O4S2. The van der Waals surface area contributed by atoms with Crippen molar-refractivity contribution in [2.24, 2.45) is 4.99 Å². The summed E-state index contributed by atoms with van der Waals surface area (Å²) in [7, 11) is -3.66. The van der Waals surface area contributed by atoms with Gasteiger partial charge in [0.05, 0.1) is 44.0 Å². The molecule has 0 saturated carbocycles. The number of aliphatic hydroxyl groups is 1. The number of rotatable bonds is 6. The third kappa shape index (κ3) is 3.38. The van der Waals surface area contributed by atoms with Crippen LogP contribution in [0.3, 0.4) is 0 Å². The summed E-state index contributed by atoms with van der Waals surface area (Å²) in [6, 6.07) is 9.81. The van der Waals surface area contributed by atoms with Crippen molar-refractivity contribution in [3.8, 4) is 5.88 Å². The minimum atomic E-state index is -3.66. The molecule has 0 fully saturated rings. The molecule has 4 rings (SSSR count). The molecular weight excluding hydrogens is 400 g/mol. The molecule has 0 aliphatic carbocycles. The number of thiazole rings is 1. The van der Waals surface area contributed by atoms with Crippen LogP contribution in [-0.2, 0) is 10.0 Å². The lowest BCUT2D eigenvalue weighted by Crippen LogP contribution is -2.26. The van der Waals surface area contributed by atoms with Gasteiger partial charge in [0.2, 0.25) is 10.0 Å². The Balaban J connectivity index is 1.66. The standard InChI is InChI=1S/C18H16N4O4S2/c23-8-7-21-28(25,26)12-3-1-11(2-4-12)19-9-13-16-14(22-18(13)24)5-6-15-17(16)20-10-27-15/h1-6,9-10,21-24H,7-8H2. The lowest BCUT2D eigenvalue weighted by molar-refractivity contribution is 0.301. The molecule has 2 heterocycles. The first-order chi connectivity index (χ1) is 13.5. The van der Waals surface area contributed by atoms with E-state index < -0.39 is 10.0 Å². The summed E-state index contributed by atoms with van der Waals surface area (Å²) < 4.78 is 27.4. The number of aliphatic hydroxyl groups excluding tert-OH is 1. The first-order valence-electron chi connectivity index (χ1n) is 8.31. The Morgan fingerprint density at radius 3 is 2.75 bits per heavy atom. The molecule has 0 atom stereocenters. The number of benzene rings is 2. The summed E-state index contributed by atoms with van der Waals surface area (Å²) in [6.45, 7) is -0.324. The zero-order valence-corrected chi connectivity index (χ0v) is 16.1. The van der Waals surface area contributed by atoms with Crippen molar-refractivity contribution in [2.45, 2.75) is 4.90 Å². The molecule has 0 bridgehead atoms. The van der Waals surface area contributed by atoms with E-state index in [1.165, 1.54) is 29.7 Å². The second-order valence-corrected chi connectivity index (χ2v) is 8.60. The second-order valence-electron chi connectivity index (χ2n) is 5.95. The number of fused-ring (bicyclic) bond motifs is 3. The van der Waals surface area contributed by atoms with Gasteiger partial charge in [-0.3, -0.25) is 4.99 Å². The van der Waals surface area contributed by atoms with E-state index in [1.54, 1.807) is 17.6 Å². The average Bonchev–Trinajstić information content (AvgIpc) is 3.28. The fraction of sp³-hybridized carbons (Fsp3) is 0.111. The van der Waals surface area contributed by atoms with Gasteiger partial charge in [0.25, 0.3) is 0 Å². The Bertz CT molecular complexity index is 1270. The van der Waals surface area contributed by atoms with Crippen molar-refractivity contribution in [2.75, 3.05) is 13.2 Å². The van der Waals surface area contributed by atoms with Crippen LogP contribution in [0.2, 0.25) is 0 Å². The number of nitrogens with one attached hydrogen (secondary N) is 2. The monoisotopic (exact) mass is 416 g/mol. The SMILES string of the molecule is O=S(=O)(NCCO)c1ccc(N=Cc2c(O)[nH]c3ccc4scnc4c23)cc1. The van der Waals surface area contributed by atoms with Crippen molar-refractivity contribution < 1.29 is 18.6 Å². The van der Waals surface area contributed by atoms with E-state index in [9.17, 15) is 13.5 Å². The van der Waals surface area contributed by atoms with Crippen LogP contribution < -0.4 is 4.72 Å². The lowest BCUT2D eigenvalue weighted by atomic mass is 10.1. The molecule has 2 aromatic heterocycles. The lowest BCUT2D eigenvalue weighted by Gasteiger charge is -2.05. The summed E-state index contributed by atoms with van der Waals surface area (Å²) in [5, 5.41) is 19.8. The Morgan fingerprint density at radius 1 is 1.21 bits per heavy atom. The van der Waals surface area contributed by atoms with Crippen LogP contribution in [0.15, 0.2) is 51.8 Å². The molecule has 0 unspecified atom stereocenters. The Kier molecular flexibility index (Phi) is 4.85. The van der Waals surface area contributed by atoms with Crippen LogP contribution in [0.5, 0.6) is 5.88 Å². The number of nitrogens with zero attached hydrogens (tertiary/aromatic N) is 2. The molecule has 2 aromatic carbocycles. The van der Waals surface area contributed by atoms with Crippen molar-refractivity contribution in [1.82, 2.24) is 14.7 Å². The normalized spacial score (nSPS) is 12.5. The fourth-order valence-electron chi connectivity index (χ4n) is 2.86. The van der Waals surface area contributed by atoms with Crippen molar-refractivity contribution >= 4 is 54.4 Å². The molecule has 0 aliphatic heterocycles. The van der Waals surface area contributed by atoms with Gasteiger partial charge in [-0.2, -0.15) is 0 Å². The Morgan fingerprint density at radius 2 is 2.00 bits per heavy atom. The molecule has 0 spiro atoms. The van der Waals surface area contributed by atoms with Crippen LogP contribution in [0.4, 0.5) is 5.69 Å². The van der Waals surface area contributed by atoms with E-state index >= 15 is 0 Å². The molecule has 0 saturated heterocycles. The average molecular weight is 416 g/mol. The summed E-state index contributed by atoms with van der Waals surface area (Å²) in [4.78, 5) is 11.7. The number of H-pyrrole nitrogens is 1. The minimum Gasteiger partial charge on any atom is -0.494 e. The predicted octanol–water partition coefficient (Wildman–Crippen LogP) is 2.50. The van der Waals surface area contributed by atoms with Gasteiger partial charge >= 0.3 is 0 Å². The zero-order chi connectivity index (χ0) is 19.7. The fourth-order valence-corrected chi connectivity index (χ4v) is 4.57. The largest absolute Gasteiger partial charge is 0.494 e. The van der Waals surface area contributed by atoms with Crippen molar-refractivity contribution in [3.05, 3.63) is 47.5 Å². The third-order valence-corrected chi connectivity index (χ3v) is 6.44. The van der Waals surface area contributed by atoms with Gasteiger partial charge in [0.15, 0.2) is 5.88 Å². The Labute approximate surface area is 164 Å². The van der Waals surface area contributed by atoms with Gasteiger partial charge in [0, 0.05) is 18.1 Å². The van der Waals surface area contributed by atoms with E-state index in [4.69, 9.17) is 5.11 Å². The third-order valence-electron chi connectivity index (χ3n) is 4.17. The van der Waals surface area contributed by atoms with Crippen molar-refractivity contribution in [3.63, 3.8) is 0 Å². The highest BCUT2D eigenvalue weighted by atomic mass is 32.2. The van der Waals surface area contributed by atoms with Gasteiger partial charge in [-0.25, -0.2) is 18.1 Å². The van der Waals surface area contributed by atoms with Gasteiger partial charge in [-0.05, 0) is 36.4 Å². The molecule has 0 amide bonds. The van der Waals surface area contributed by atoms with Crippen LogP contribution in [-0.4, -0.2) is 48.0 Å². The van der Waals surface area contributed by atoms with Crippen LogP contribution in [0.1, 0.15) is 5.56 Å². The molecule has 144 valence electrons. The van der Waals surface area contributed by atoms with Gasteiger partial charge in [-0.15, -0.1) is 11.3 Å². The minimum absolute atomic E-state index is 0.00773. The first-order valence-corrected chi connectivity index (χ1v) is 10.7. The second kappa shape index (κ2) is 7.32. The molecule has 10 heteroatoms. The van der Waals surface area contributed by atoms with Crippen LogP contribution >= 0.6 is 11.3 Å². The molecule has 4 N–H and O–H groups in total. The summed E-state index contributed by atoms with van der Waals surface area (Å²) >= 11 is 1.51.